The van der Waals surface area contributed by atoms with Crippen LogP contribution in [0.3, 0.4) is 0 Å². The van der Waals surface area contributed by atoms with E-state index in [2.05, 4.69) is 28.1 Å². The SMILES string of the molecule is C=C.COCCN1C(=O)c2c(OCOC(=O)OC)c(=O)ccn2N[C@@H]1C. The number of amides is 1. The summed E-state index contributed by atoms with van der Waals surface area (Å²) >= 11 is 0. The zero-order valence-electron chi connectivity index (χ0n) is 15.0. The molecule has 1 aliphatic heterocycles. The van der Waals surface area contributed by atoms with Crippen molar-refractivity contribution in [3.05, 3.63) is 41.3 Å². The van der Waals surface area contributed by atoms with Gasteiger partial charge < -0.3 is 29.3 Å². The molecule has 0 aromatic carbocycles. The molecule has 0 radical (unpaired) electrons. The first-order valence-corrected chi connectivity index (χ1v) is 7.65. The third kappa shape index (κ3) is 4.76. The minimum absolute atomic E-state index is 0.0187. The van der Waals surface area contributed by atoms with Gasteiger partial charge in [0.05, 0.1) is 13.7 Å². The van der Waals surface area contributed by atoms with Crippen molar-refractivity contribution in [2.45, 2.75) is 13.1 Å². The summed E-state index contributed by atoms with van der Waals surface area (Å²) in [5, 5.41) is 0. The highest BCUT2D eigenvalue weighted by molar-refractivity contribution is 5.96. The van der Waals surface area contributed by atoms with Crippen molar-refractivity contribution < 1.29 is 28.5 Å². The number of methoxy groups -OCH3 is 2. The number of aromatic nitrogens is 1. The van der Waals surface area contributed by atoms with Gasteiger partial charge in [-0.15, -0.1) is 13.2 Å². The van der Waals surface area contributed by atoms with E-state index in [9.17, 15) is 14.4 Å². The fourth-order valence-corrected chi connectivity index (χ4v) is 2.23. The molecule has 2 heterocycles. The van der Waals surface area contributed by atoms with Crippen LogP contribution in [0.2, 0.25) is 0 Å². The summed E-state index contributed by atoms with van der Waals surface area (Å²) in [6.45, 7) is 7.93. The number of fused-ring (bicyclic) bond motifs is 1. The Morgan fingerprint density at radius 3 is 2.62 bits per heavy atom. The van der Waals surface area contributed by atoms with Gasteiger partial charge >= 0.3 is 6.16 Å². The lowest BCUT2D eigenvalue weighted by molar-refractivity contribution is 0.0134. The van der Waals surface area contributed by atoms with Crippen molar-refractivity contribution in [1.29, 1.82) is 0 Å². The molecule has 0 saturated heterocycles. The Morgan fingerprint density at radius 1 is 1.31 bits per heavy atom. The lowest BCUT2D eigenvalue weighted by atomic mass is 10.2. The molecule has 1 aliphatic rings. The van der Waals surface area contributed by atoms with Gasteiger partial charge in [-0.3, -0.25) is 14.3 Å². The van der Waals surface area contributed by atoms with Gasteiger partial charge in [0, 0.05) is 25.9 Å². The average molecular weight is 369 g/mol. The first-order valence-electron chi connectivity index (χ1n) is 7.65. The van der Waals surface area contributed by atoms with Crippen molar-refractivity contribution in [2.24, 2.45) is 0 Å². The maximum absolute atomic E-state index is 12.7. The van der Waals surface area contributed by atoms with E-state index >= 15 is 0 Å². The number of hydrogen-bond donors (Lipinski definition) is 1. The molecule has 0 spiro atoms. The summed E-state index contributed by atoms with van der Waals surface area (Å²) in [7, 11) is 2.67. The van der Waals surface area contributed by atoms with Crippen molar-refractivity contribution >= 4 is 12.1 Å². The van der Waals surface area contributed by atoms with E-state index in [0.717, 1.165) is 7.11 Å². The lowest BCUT2D eigenvalue weighted by Crippen LogP contribution is -2.53. The Balaban J connectivity index is 0.00000163. The number of nitrogens with one attached hydrogen (secondary N) is 1. The molecule has 2 rings (SSSR count). The minimum Gasteiger partial charge on any atom is -0.451 e. The van der Waals surface area contributed by atoms with E-state index in [1.165, 1.54) is 28.9 Å². The zero-order valence-corrected chi connectivity index (χ0v) is 15.0. The van der Waals surface area contributed by atoms with Crippen LogP contribution in [0.25, 0.3) is 0 Å². The highest BCUT2D eigenvalue weighted by Crippen LogP contribution is 2.20. The molecule has 0 fully saturated rings. The Labute approximate surface area is 150 Å². The molecule has 1 aromatic rings. The average Bonchev–Trinajstić information content (AvgIpc) is 2.65. The molecule has 0 aliphatic carbocycles. The molecule has 10 heteroatoms. The van der Waals surface area contributed by atoms with Gasteiger partial charge in [0.1, 0.15) is 6.17 Å². The molecule has 1 atom stereocenters. The van der Waals surface area contributed by atoms with Gasteiger partial charge in [-0.25, -0.2) is 4.79 Å². The Kier molecular flexibility index (Phi) is 8.16. The molecule has 1 amide bonds. The minimum atomic E-state index is -0.959. The largest absolute Gasteiger partial charge is 0.510 e. The lowest BCUT2D eigenvalue weighted by Gasteiger charge is -2.37. The predicted octanol–water partition coefficient (Wildman–Crippen LogP) is 0.761. The highest BCUT2D eigenvalue weighted by atomic mass is 16.8. The normalized spacial score (nSPS) is 15.1. The number of hydrogen-bond acceptors (Lipinski definition) is 8. The van der Waals surface area contributed by atoms with Crippen molar-refractivity contribution in [1.82, 2.24) is 9.58 Å². The second kappa shape index (κ2) is 10.1. The van der Waals surface area contributed by atoms with Crippen LogP contribution in [0.1, 0.15) is 17.4 Å². The van der Waals surface area contributed by atoms with Gasteiger partial charge in [0.15, 0.2) is 5.69 Å². The summed E-state index contributed by atoms with van der Waals surface area (Å²) in [4.78, 5) is 37.2. The van der Waals surface area contributed by atoms with Crippen LogP contribution >= 0.6 is 0 Å². The smallest absolute Gasteiger partial charge is 0.451 e. The van der Waals surface area contributed by atoms with E-state index in [0.29, 0.717) is 13.2 Å². The summed E-state index contributed by atoms with van der Waals surface area (Å²) in [6, 6.07) is 1.24. The molecule has 144 valence electrons. The number of pyridine rings is 1. The monoisotopic (exact) mass is 369 g/mol. The molecule has 10 nitrogen and oxygen atoms in total. The number of rotatable bonds is 6. The number of carbonyl (C=O) groups excluding carboxylic acids is 2. The standard InChI is InChI=1S/C14H19N3O7.C2H4/c1-9-15-17-5-4-10(18)12(23-8-24-14(20)22-3)11(17)13(19)16(9)6-7-21-2;1-2/h4-5,9,15H,6-8H2,1-3H3;1-2H2/t9-;/m0./s1. The molecule has 0 bridgehead atoms. The van der Waals surface area contributed by atoms with E-state index in [-0.39, 0.29) is 17.6 Å². The quantitative estimate of drug-likeness (QED) is 0.445. The van der Waals surface area contributed by atoms with Gasteiger partial charge in [-0.2, -0.15) is 0 Å². The molecule has 1 aromatic heterocycles. The zero-order chi connectivity index (χ0) is 19.7. The number of ether oxygens (including phenoxy) is 4. The predicted molar refractivity (Wildman–Crippen MR) is 92.7 cm³/mol. The van der Waals surface area contributed by atoms with Crippen LogP contribution in [0.4, 0.5) is 4.79 Å². The Hall–Kier alpha value is -3.01. The first-order chi connectivity index (χ1) is 12.5. The summed E-state index contributed by atoms with van der Waals surface area (Å²) in [6.07, 6.45) is 0.176. The Bertz CT molecular complexity index is 689. The molecule has 0 unspecified atom stereocenters. The first kappa shape index (κ1) is 21.0. The maximum Gasteiger partial charge on any atom is 0.510 e. The fourth-order valence-electron chi connectivity index (χ4n) is 2.23. The van der Waals surface area contributed by atoms with Crippen LogP contribution in [-0.4, -0.2) is 62.0 Å². The topological polar surface area (TPSA) is 108 Å². The molecule has 0 saturated carbocycles. The van der Waals surface area contributed by atoms with Gasteiger partial charge in [-0.1, -0.05) is 0 Å². The van der Waals surface area contributed by atoms with E-state index in [1.54, 1.807) is 6.92 Å². The number of carbonyl (C=O) groups is 2. The van der Waals surface area contributed by atoms with Crippen LogP contribution in [0.15, 0.2) is 30.2 Å². The van der Waals surface area contributed by atoms with E-state index < -0.39 is 24.3 Å². The van der Waals surface area contributed by atoms with E-state index in [4.69, 9.17) is 9.47 Å². The second-order valence-corrected chi connectivity index (χ2v) is 4.88. The number of nitrogens with zero attached hydrogens (tertiary/aromatic N) is 2. The van der Waals surface area contributed by atoms with Gasteiger partial charge in [-0.05, 0) is 6.92 Å². The molecule has 26 heavy (non-hydrogen) atoms. The summed E-state index contributed by atoms with van der Waals surface area (Å²) < 4.78 is 20.5. The second-order valence-electron chi connectivity index (χ2n) is 4.88. The van der Waals surface area contributed by atoms with Gasteiger partial charge in [0.25, 0.3) is 5.91 Å². The molecular weight excluding hydrogens is 346 g/mol. The fraction of sp³-hybridized carbons (Fsp3) is 0.438. The highest BCUT2D eigenvalue weighted by Gasteiger charge is 2.32. The summed E-state index contributed by atoms with van der Waals surface area (Å²) in [5.74, 6) is -0.614. The van der Waals surface area contributed by atoms with Crippen LogP contribution in [-0.2, 0) is 14.2 Å². The van der Waals surface area contributed by atoms with Crippen molar-refractivity contribution in [2.75, 3.05) is 39.6 Å². The third-order valence-electron chi connectivity index (χ3n) is 3.39. The van der Waals surface area contributed by atoms with Crippen LogP contribution in [0, 0.1) is 0 Å². The van der Waals surface area contributed by atoms with Crippen molar-refractivity contribution in [3.63, 3.8) is 0 Å². The molecule has 1 N–H and O–H groups in total. The Morgan fingerprint density at radius 2 is 2.00 bits per heavy atom. The van der Waals surface area contributed by atoms with E-state index in [1.807, 2.05) is 0 Å². The maximum atomic E-state index is 12.7. The van der Waals surface area contributed by atoms with Crippen LogP contribution in [0.5, 0.6) is 5.75 Å². The summed E-state index contributed by atoms with van der Waals surface area (Å²) in [5.41, 5.74) is 2.55. The third-order valence-corrected chi connectivity index (χ3v) is 3.39. The van der Waals surface area contributed by atoms with Crippen LogP contribution < -0.4 is 15.6 Å². The van der Waals surface area contributed by atoms with Crippen molar-refractivity contribution in [3.8, 4) is 5.75 Å². The molecular formula is C16H23N3O7. The van der Waals surface area contributed by atoms with Gasteiger partial charge in [0.2, 0.25) is 18.0 Å².